The number of nitrogens with zero attached hydrogens (tertiary/aromatic N) is 2. The summed E-state index contributed by atoms with van der Waals surface area (Å²) in [4.78, 5) is 11.7. The van der Waals surface area contributed by atoms with E-state index in [1.807, 2.05) is 6.07 Å². The maximum atomic E-state index is 11.7. The third-order valence-electron chi connectivity index (χ3n) is 2.35. The summed E-state index contributed by atoms with van der Waals surface area (Å²) in [6.07, 6.45) is 0. The van der Waals surface area contributed by atoms with Crippen molar-refractivity contribution in [3.8, 4) is 11.8 Å². The maximum absolute atomic E-state index is 11.7. The van der Waals surface area contributed by atoms with Crippen molar-refractivity contribution in [3.63, 3.8) is 0 Å². The molecule has 1 heterocycles. The Kier molecular flexibility index (Phi) is 2.25. The molecule has 1 aromatic heterocycles. The Morgan fingerprint density at radius 3 is 2.81 bits per heavy atom. The van der Waals surface area contributed by atoms with Crippen LogP contribution in [-0.2, 0) is 0 Å². The number of aromatic amines is 1. The molecular weight excluding hydrogens is 204 g/mol. The van der Waals surface area contributed by atoms with Gasteiger partial charge in [-0.3, -0.25) is 9.89 Å². The zero-order valence-corrected chi connectivity index (χ0v) is 8.69. The number of benzene rings is 1. The van der Waals surface area contributed by atoms with E-state index in [1.54, 1.807) is 31.2 Å². The average Bonchev–Trinajstić information content (AvgIpc) is 2.57. The SMILES string of the molecule is Cc1[nH]n(-c2cccc(C#N)c2)c(=O)c1N. The molecular formula is C11H10N4O. The number of nitrogen functional groups attached to an aromatic ring is 1. The number of nitriles is 1. The Balaban J connectivity index is 2.64. The molecule has 0 atom stereocenters. The van der Waals surface area contributed by atoms with Crippen LogP contribution in [0.15, 0.2) is 29.1 Å². The molecule has 1 aromatic carbocycles. The van der Waals surface area contributed by atoms with E-state index in [2.05, 4.69) is 5.10 Å². The fourth-order valence-corrected chi connectivity index (χ4v) is 1.46. The van der Waals surface area contributed by atoms with Gasteiger partial charge in [0.1, 0.15) is 5.69 Å². The van der Waals surface area contributed by atoms with Crippen LogP contribution in [0.5, 0.6) is 0 Å². The number of aryl methyl sites for hydroxylation is 1. The topological polar surface area (TPSA) is 87.6 Å². The number of hydrogen-bond acceptors (Lipinski definition) is 3. The second-order valence-corrected chi connectivity index (χ2v) is 3.45. The van der Waals surface area contributed by atoms with Gasteiger partial charge in [0.25, 0.3) is 5.56 Å². The van der Waals surface area contributed by atoms with Gasteiger partial charge < -0.3 is 5.73 Å². The number of H-pyrrole nitrogens is 1. The highest BCUT2D eigenvalue weighted by molar-refractivity contribution is 5.46. The highest BCUT2D eigenvalue weighted by Gasteiger charge is 2.08. The predicted molar refractivity (Wildman–Crippen MR) is 60.3 cm³/mol. The fourth-order valence-electron chi connectivity index (χ4n) is 1.46. The van der Waals surface area contributed by atoms with Gasteiger partial charge in [0, 0.05) is 0 Å². The molecule has 0 aliphatic carbocycles. The first kappa shape index (κ1) is 10.1. The number of hydrogen-bond donors (Lipinski definition) is 2. The van der Waals surface area contributed by atoms with Gasteiger partial charge in [-0.05, 0) is 25.1 Å². The molecule has 5 nitrogen and oxygen atoms in total. The normalized spacial score (nSPS) is 10.0. The number of nitrogens with two attached hydrogens (primary N) is 1. The summed E-state index contributed by atoms with van der Waals surface area (Å²) in [6.45, 7) is 1.72. The summed E-state index contributed by atoms with van der Waals surface area (Å²) in [5, 5.41) is 11.6. The van der Waals surface area contributed by atoms with Gasteiger partial charge in [-0.2, -0.15) is 5.26 Å². The summed E-state index contributed by atoms with van der Waals surface area (Å²) in [7, 11) is 0. The van der Waals surface area contributed by atoms with Gasteiger partial charge in [-0.15, -0.1) is 0 Å². The van der Waals surface area contributed by atoms with Crippen LogP contribution in [0.2, 0.25) is 0 Å². The minimum Gasteiger partial charge on any atom is -0.393 e. The van der Waals surface area contributed by atoms with Crippen molar-refractivity contribution in [1.29, 1.82) is 5.26 Å². The number of nitrogens with one attached hydrogen (secondary N) is 1. The highest BCUT2D eigenvalue weighted by Crippen LogP contribution is 2.09. The van der Waals surface area contributed by atoms with Crippen LogP contribution in [-0.4, -0.2) is 9.78 Å². The zero-order chi connectivity index (χ0) is 11.7. The average molecular weight is 214 g/mol. The predicted octanol–water partition coefficient (Wildman–Crippen LogP) is 0.928. The minimum atomic E-state index is -0.299. The van der Waals surface area contributed by atoms with E-state index >= 15 is 0 Å². The van der Waals surface area contributed by atoms with E-state index in [4.69, 9.17) is 11.0 Å². The van der Waals surface area contributed by atoms with Gasteiger partial charge >= 0.3 is 0 Å². The third-order valence-corrected chi connectivity index (χ3v) is 2.35. The van der Waals surface area contributed by atoms with Crippen molar-refractivity contribution in [2.75, 3.05) is 5.73 Å². The molecule has 2 rings (SSSR count). The monoisotopic (exact) mass is 214 g/mol. The minimum absolute atomic E-state index is 0.197. The van der Waals surface area contributed by atoms with E-state index in [9.17, 15) is 4.79 Å². The van der Waals surface area contributed by atoms with E-state index in [1.165, 1.54) is 4.68 Å². The molecule has 3 N–H and O–H groups in total. The van der Waals surface area contributed by atoms with Crippen LogP contribution >= 0.6 is 0 Å². The van der Waals surface area contributed by atoms with E-state index in [0.717, 1.165) is 0 Å². The van der Waals surface area contributed by atoms with Crippen LogP contribution in [0, 0.1) is 18.3 Å². The van der Waals surface area contributed by atoms with Crippen molar-refractivity contribution in [2.24, 2.45) is 0 Å². The Labute approximate surface area is 91.7 Å². The van der Waals surface area contributed by atoms with Crippen molar-refractivity contribution >= 4 is 5.69 Å². The Hall–Kier alpha value is -2.48. The lowest BCUT2D eigenvalue weighted by Gasteiger charge is -2.00. The van der Waals surface area contributed by atoms with Gasteiger partial charge in [-0.25, -0.2) is 4.68 Å². The summed E-state index contributed by atoms with van der Waals surface area (Å²) < 4.78 is 1.32. The van der Waals surface area contributed by atoms with Gasteiger partial charge in [-0.1, -0.05) is 6.07 Å². The largest absolute Gasteiger partial charge is 0.393 e. The maximum Gasteiger partial charge on any atom is 0.294 e. The van der Waals surface area contributed by atoms with E-state index in [-0.39, 0.29) is 11.2 Å². The molecule has 0 fully saturated rings. The van der Waals surface area contributed by atoms with Gasteiger partial charge in [0.2, 0.25) is 0 Å². The summed E-state index contributed by atoms with van der Waals surface area (Å²) in [6, 6.07) is 8.76. The number of aromatic nitrogens is 2. The Bertz CT molecular complexity index is 630. The number of rotatable bonds is 1. The summed E-state index contributed by atoms with van der Waals surface area (Å²) in [5.74, 6) is 0. The van der Waals surface area contributed by atoms with E-state index < -0.39 is 0 Å². The van der Waals surface area contributed by atoms with E-state index in [0.29, 0.717) is 16.9 Å². The molecule has 0 bridgehead atoms. The van der Waals surface area contributed by atoms with Gasteiger partial charge in [0.05, 0.1) is 23.0 Å². The lowest BCUT2D eigenvalue weighted by atomic mass is 10.2. The molecule has 0 aliphatic heterocycles. The third kappa shape index (κ3) is 1.46. The van der Waals surface area contributed by atoms with Crippen LogP contribution in [0.3, 0.4) is 0 Å². The van der Waals surface area contributed by atoms with Gasteiger partial charge in [0.15, 0.2) is 0 Å². The summed E-state index contributed by atoms with van der Waals surface area (Å²) >= 11 is 0. The zero-order valence-electron chi connectivity index (χ0n) is 8.69. The van der Waals surface area contributed by atoms with Crippen LogP contribution < -0.4 is 11.3 Å². The molecule has 0 saturated heterocycles. The highest BCUT2D eigenvalue weighted by atomic mass is 16.1. The van der Waals surface area contributed by atoms with Crippen molar-refractivity contribution < 1.29 is 0 Å². The van der Waals surface area contributed by atoms with Crippen LogP contribution in [0.4, 0.5) is 5.69 Å². The van der Waals surface area contributed by atoms with Crippen LogP contribution in [0.1, 0.15) is 11.3 Å². The molecule has 2 aromatic rings. The molecule has 16 heavy (non-hydrogen) atoms. The van der Waals surface area contributed by atoms with Crippen molar-refractivity contribution in [3.05, 3.63) is 45.9 Å². The molecule has 0 spiro atoms. The molecule has 0 amide bonds. The fraction of sp³-hybridized carbons (Fsp3) is 0.0909. The number of anilines is 1. The molecule has 0 aliphatic rings. The van der Waals surface area contributed by atoms with Crippen LogP contribution in [0.25, 0.3) is 5.69 Å². The molecule has 0 unspecified atom stereocenters. The first-order valence-corrected chi connectivity index (χ1v) is 4.71. The lowest BCUT2D eigenvalue weighted by molar-refractivity contribution is 0.835. The Morgan fingerprint density at radius 2 is 2.25 bits per heavy atom. The second-order valence-electron chi connectivity index (χ2n) is 3.45. The standard InChI is InChI=1S/C11H10N4O/c1-7-10(13)11(16)15(14-7)9-4-2-3-8(5-9)6-12/h2-5,14H,13H2,1H3. The smallest absolute Gasteiger partial charge is 0.294 e. The van der Waals surface area contributed by atoms with Crippen molar-refractivity contribution in [2.45, 2.75) is 6.92 Å². The second kappa shape index (κ2) is 3.59. The molecule has 0 saturated carbocycles. The lowest BCUT2D eigenvalue weighted by Crippen LogP contribution is -2.16. The summed E-state index contributed by atoms with van der Waals surface area (Å²) in [5.41, 5.74) is 7.19. The van der Waals surface area contributed by atoms with Crippen molar-refractivity contribution in [1.82, 2.24) is 9.78 Å². The Morgan fingerprint density at radius 1 is 1.50 bits per heavy atom. The quantitative estimate of drug-likeness (QED) is 0.740. The molecule has 0 radical (unpaired) electrons. The molecule has 80 valence electrons. The first-order valence-electron chi connectivity index (χ1n) is 4.71. The molecule has 5 heteroatoms. The first-order chi connectivity index (χ1) is 7.63.